The number of carbonyl (C=O) groups excluding carboxylic acids is 1. The molecule has 0 heterocycles. The van der Waals surface area contributed by atoms with E-state index in [0.717, 1.165) is 5.57 Å². The topological polar surface area (TPSA) is 26.3 Å². The lowest BCUT2D eigenvalue weighted by atomic mass is 10.3. The van der Waals surface area contributed by atoms with E-state index in [1.165, 1.54) is 13.2 Å². The summed E-state index contributed by atoms with van der Waals surface area (Å²) in [5.74, 6) is -0.322. The van der Waals surface area contributed by atoms with E-state index in [2.05, 4.69) is 27.3 Å². The molecule has 0 aromatic carbocycles. The molecular weight excluding hydrogens is 243 g/mol. The summed E-state index contributed by atoms with van der Waals surface area (Å²) in [6.07, 6.45) is 3.10. The van der Waals surface area contributed by atoms with Crippen LogP contribution >= 0.6 is 22.6 Å². The van der Waals surface area contributed by atoms with E-state index in [1.807, 2.05) is 11.0 Å². The zero-order valence-corrected chi connectivity index (χ0v) is 8.08. The predicted molar refractivity (Wildman–Crippen MR) is 48.9 cm³/mol. The van der Waals surface area contributed by atoms with Gasteiger partial charge in [-0.3, -0.25) is 0 Å². The first-order valence-corrected chi connectivity index (χ1v) is 3.98. The third-order valence-electron chi connectivity index (χ3n) is 0.856. The molecule has 0 rings (SSSR count). The van der Waals surface area contributed by atoms with Gasteiger partial charge < -0.3 is 4.74 Å². The maximum atomic E-state index is 10.5. The van der Waals surface area contributed by atoms with E-state index in [-0.39, 0.29) is 5.97 Å². The smallest absolute Gasteiger partial charge is 0.330 e. The molecule has 0 aliphatic heterocycles. The third-order valence-corrected chi connectivity index (χ3v) is 1.84. The number of allylic oxidation sites excluding steroid dienone is 2. The Morgan fingerprint density at radius 2 is 2.10 bits per heavy atom. The van der Waals surface area contributed by atoms with E-state index < -0.39 is 0 Å². The van der Waals surface area contributed by atoms with Gasteiger partial charge in [-0.05, 0) is 16.6 Å². The lowest BCUT2D eigenvalue weighted by Crippen LogP contribution is -1.93. The molecule has 0 bridgehead atoms. The van der Waals surface area contributed by atoms with Crippen LogP contribution in [-0.4, -0.2) is 13.1 Å². The van der Waals surface area contributed by atoms with Crippen LogP contribution in [-0.2, 0) is 9.53 Å². The molecule has 0 spiro atoms. The van der Waals surface area contributed by atoms with E-state index in [9.17, 15) is 4.79 Å². The first-order valence-electron chi connectivity index (χ1n) is 2.73. The minimum Gasteiger partial charge on any atom is -0.466 e. The van der Waals surface area contributed by atoms with E-state index in [4.69, 9.17) is 0 Å². The van der Waals surface area contributed by atoms with Crippen molar-refractivity contribution in [2.75, 3.05) is 7.11 Å². The molecule has 0 aromatic heterocycles. The Labute approximate surface area is 74.1 Å². The summed E-state index contributed by atoms with van der Waals surface area (Å²) in [7, 11) is 1.36. The van der Waals surface area contributed by atoms with Gasteiger partial charge in [0.2, 0.25) is 0 Å². The van der Waals surface area contributed by atoms with Gasteiger partial charge in [0.1, 0.15) is 0 Å². The monoisotopic (exact) mass is 252 g/mol. The number of rotatable bonds is 2. The highest BCUT2D eigenvalue weighted by Gasteiger charge is 1.88. The summed E-state index contributed by atoms with van der Waals surface area (Å²) in [4.78, 5) is 10.5. The minimum atomic E-state index is -0.322. The van der Waals surface area contributed by atoms with Gasteiger partial charge in [-0.25, -0.2) is 4.79 Å². The van der Waals surface area contributed by atoms with E-state index in [0.29, 0.717) is 0 Å². The average Bonchev–Trinajstić information content (AvgIpc) is 1.99. The molecule has 3 heteroatoms. The Kier molecular flexibility index (Phi) is 5.29. The van der Waals surface area contributed by atoms with Crippen LogP contribution in [0.25, 0.3) is 0 Å². The second-order valence-electron chi connectivity index (χ2n) is 1.71. The largest absolute Gasteiger partial charge is 0.466 e. The van der Waals surface area contributed by atoms with Crippen molar-refractivity contribution in [2.45, 2.75) is 6.92 Å². The molecule has 0 aromatic rings. The van der Waals surface area contributed by atoms with Gasteiger partial charge in [0, 0.05) is 6.08 Å². The Morgan fingerprint density at radius 3 is 2.50 bits per heavy atom. The predicted octanol–water partition coefficient (Wildman–Crippen LogP) is 2.05. The van der Waals surface area contributed by atoms with Gasteiger partial charge in [0.05, 0.1) is 7.11 Å². The summed E-state index contributed by atoms with van der Waals surface area (Å²) in [5.41, 5.74) is 1.03. The normalized spacial score (nSPS) is 12.1. The number of hydrogen-bond donors (Lipinski definition) is 0. The van der Waals surface area contributed by atoms with Crippen molar-refractivity contribution in [1.82, 2.24) is 0 Å². The molecule has 0 saturated heterocycles. The SMILES string of the molecule is COC(=O)/C=C/C(C)=C\I. The maximum Gasteiger partial charge on any atom is 0.330 e. The summed E-state index contributed by atoms with van der Waals surface area (Å²) in [6.45, 7) is 1.91. The summed E-state index contributed by atoms with van der Waals surface area (Å²) in [5, 5.41) is 0. The summed E-state index contributed by atoms with van der Waals surface area (Å²) in [6, 6.07) is 0. The molecule has 56 valence electrons. The molecule has 0 N–H and O–H groups in total. The fourth-order valence-electron chi connectivity index (χ4n) is 0.304. The van der Waals surface area contributed by atoms with Crippen molar-refractivity contribution < 1.29 is 9.53 Å². The van der Waals surface area contributed by atoms with Crippen LogP contribution < -0.4 is 0 Å². The number of methoxy groups -OCH3 is 1. The molecule has 0 fully saturated rings. The zero-order valence-electron chi connectivity index (χ0n) is 5.93. The van der Waals surface area contributed by atoms with Crippen LogP contribution in [0.5, 0.6) is 0 Å². The summed E-state index contributed by atoms with van der Waals surface area (Å²) >= 11 is 2.11. The van der Waals surface area contributed by atoms with Crippen LogP contribution in [0.3, 0.4) is 0 Å². The molecular formula is C7H9IO2. The highest BCUT2D eigenvalue weighted by Crippen LogP contribution is 1.98. The van der Waals surface area contributed by atoms with Crippen LogP contribution in [0.15, 0.2) is 21.8 Å². The highest BCUT2D eigenvalue weighted by atomic mass is 127. The van der Waals surface area contributed by atoms with Crippen molar-refractivity contribution in [3.05, 3.63) is 21.8 Å². The second-order valence-corrected chi connectivity index (χ2v) is 2.33. The van der Waals surface area contributed by atoms with E-state index >= 15 is 0 Å². The Bertz CT molecular complexity index is 170. The standard InChI is InChI=1S/C7H9IO2/c1-6(5-8)3-4-7(9)10-2/h3-5H,1-2H3/b4-3+,6-5-. The zero-order chi connectivity index (χ0) is 7.98. The van der Waals surface area contributed by atoms with Crippen LogP contribution in [0, 0.1) is 0 Å². The van der Waals surface area contributed by atoms with Crippen LogP contribution in [0.2, 0.25) is 0 Å². The first-order chi connectivity index (χ1) is 4.70. The fraction of sp³-hybridized carbons (Fsp3) is 0.286. The lowest BCUT2D eigenvalue weighted by molar-refractivity contribution is -0.134. The minimum absolute atomic E-state index is 0.322. The van der Waals surface area contributed by atoms with Gasteiger partial charge >= 0.3 is 5.97 Å². The van der Waals surface area contributed by atoms with Gasteiger partial charge in [0.15, 0.2) is 0 Å². The quantitative estimate of drug-likeness (QED) is 0.325. The number of esters is 1. The molecule has 0 atom stereocenters. The van der Waals surface area contributed by atoms with Crippen molar-refractivity contribution in [3.63, 3.8) is 0 Å². The third kappa shape index (κ3) is 4.55. The van der Waals surface area contributed by atoms with Crippen molar-refractivity contribution in [3.8, 4) is 0 Å². The molecule has 10 heavy (non-hydrogen) atoms. The molecule has 0 radical (unpaired) electrons. The Hall–Kier alpha value is -0.320. The van der Waals surface area contributed by atoms with Crippen LogP contribution in [0.4, 0.5) is 0 Å². The van der Waals surface area contributed by atoms with Crippen molar-refractivity contribution in [1.29, 1.82) is 0 Å². The molecule has 2 nitrogen and oxygen atoms in total. The summed E-state index contributed by atoms with van der Waals surface area (Å²) < 4.78 is 6.28. The van der Waals surface area contributed by atoms with E-state index in [1.54, 1.807) is 6.08 Å². The number of ether oxygens (including phenoxy) is 1. The first kappa shape index (κ1) is 9.68. The van der Waals surface area contributed by atoms with Gasteiger partial charge in [-0.1, -0.05) is 28.7 Å². The average molecular weight is 252 g/mol. The Balaban J connectivity index is 3.88. The van der Waals surface area contributed by atoms with Gasteiger partial charge in [0.25, 0.3) is 0 Å². The molecule has 0 amide bonds. The molecule has 0 aliphatic carbocycles. The molecule has 0 unspecified atom stereocenters. The van der Waals surface area contributed by atoms with Gasteiger partial charge in [-0.15, -0.1) is 0 Å². The van der Waals surface area contributed by atoms with Crippen LogP contribution in [0.1, 0.15) is 6.92 Å². The number of carbonyl (C=O) groups is 1. The van der Waals surface area contributed by atoms with Crippen molar-refractivity contribution >= 4 is 28.6 Å². The van der Waals surface area contributed by atoms with Gasteiger partial charge in [-0.2, -0.15) is 0 Å². The molecule has 0 saturated carbocycles. The van der Waals surface area contributed by atoms with Crippen molar-refractivity contribution in [2.24, 2.45) is 0 Å². The lowest BCUT2D eigenvalue weighted by Gasteiger charge is -1.88. The number of halogens is 1. The Morgan fingerprint density at radius 1 is 1.50 bits per heavy atom. The fourth-order valence-corrected chi connectivity index (χ4v) is 0.512. The maximum absolute atomic E-state index is 10.5. The highest BCUT2D eigenvalue weighted by molar-refractivity contribution is 14.1. The second kappa shape index (κ2) is 5.46. The molecule has 0 aliphatic rings. The number of hydrogen-bond acceptors (Lipinski definition) is 2.